The minimum absolute atomic E-state index is 0.0717. The van der Waals surface area contributed by atoms with E-state index in [9.17, 15) is 4.79 Å². The van der Waals surface area contributed by atoms with Crippen LogP contribution in [0.2, 0.25) is 0 Å². The summed E-state index contributed by atoms with van der Waals surface area (Å²) in [7, 11) is 0. The van der Waals surface area contributed by atoms with Gasteiger partial charge in [-0.1, -0.05) is 30.3 Å². The van der Waals surface area contributed by atoms with E-state index in [1.54, 1.807) is 4.90 Å². The summed E-state index contributed by atoms with van der Waals surface area (Å²) >= 11 is 5.53. The number of carbonyl (C=O) groups is 1. The lowest BCUT2D eigenvalue weighted by molar-refractivity contribution is -0.118. The molecule has 0 bridgehead atoms. The Hall–Kier alpha value is -2.99. The number of thiocarbonyl (C=S) groups is 1. The quantitative estimate of drug-likeness (QED) is 0.685. The van der Waals surface area contributed by atoms with E-state index in [0.717, 1.165) is 39.5 Å². The summed E-state index contributed by atoms with van der Waals surface area (Å²) in [6.07, 6.45) is 0. The molecule has 1 amide bonds. The van der Waals surface area contributed by atoms with Crippen LogP contribution in [-0.4, -0.2) is 20.8 Å². The van der Waals surface area contributed by atoms with Gasteiger partial charge in [0.15, 0.2) is 5.11 Å². The van der Waals surface area contributed by atoms with Crippen molar-refractivity contribution in [3.8, 4) is 5.69 Å². The largest absolute Gasteiger partial charge is 0.346 e. The highest BCUT2D eigenvalue weighted by Gasteiger charge is 2.40. The Bertz CT molecular complexity index is 1090. The first kappa shape index (κ1) is 18.4. The van der Waals surface area contributed by atoms with Crippen molar-refractivity contribution in [2.24, 2.45) is 0 Å². The smallest absolute Gasteiger partial charge is 0.260 e. The normalized spacial score (nSPS) is 16.6. The Morgan fingerprint density at radius 3 is 2.43 bits per heavy atom. The predicted molar refractivity (Wildman–Crippen MR) is 115 cm³/mol. The molecule has 1 saturated heterocycles. The van der Waals surface area contributed by atoms with E-state index in [2.05, 4.69) is 10.4 Å². The number of hydrogen-bond donors (Lipinski definition) is 1. The van der Waals surface area contributed by atoms with Crippen LogP contribution in [0.25, 0.3) is 5.69 Å². The van der Waals surface area contributed by atoms with Crippen molar-refractivity contribution < 1.29 is 4.79 Å². The number of para-hydroxylation sites is 1. The molecule has 0 spiro atoms. The van der Waals surface area contributed by atoms with Gasteiger partial charge in [0.25, 0.3) is 5.91 Å². The fraction of sp³-hybridized carbons (Fsp3) is 0.227. The molecule has 0 saturated carbocycles. The third kappa shape index (κ3) is 2.81. The topological polar surface area (TPSA) is 50.2 Å². The zero-order valence-electron chi connectivity index (χ0n) is 16.4. The molecule has 142 valence electrons. The van der Waals surface area contributed by atoms with E-state index in [0.29, 0.717) is 5.11 Å². The molecular weight excluding hydrogens is 368 g/mol. The van der Waals surface area contributed by atoms with Gasteiger partial charge in [0.1, 0.15) is 6.04 Å². The number of anilines is 1. The third-order valence-electron chi connectivity index (χ3n) is 5.39. The van der Waals surface area contributed by atoms with Gasteiger partial charge in [-0.05, 0) is 69.2 Å². The van der Waals surface area contributed by atoms with Gasteiger partial charge in [0.05, 0.1) is 17.1 Å². The molecule has 28 heavy (non-hydrogen) atoms. The van der Waals surface area contributed by atoms with Crippen molar-refractivity contribution in [1.82, 2.24) is 15.1 Å². The summed E-state index contributed by atoms with van der Waals surface area (Å²) in [5, 5.41) is 8.32. The second-order valence-corrected chi connectivity index (χ2v) is 7.49. The van der Waals surface area contributed by atoms with Crippen LogP contribution in [0.15, 0.2) is 48.5 Å². The maximum absolute atomic E-state index is 13.4. The fourth-order valence-corrected chi connectivity index (χ4v) is 4.08. The molecule has 6 heteroatoms. The van der Waals surface area contributed by atoms with E-state index >= 15 is 0 Å². The minimum Gasteiger partial charge on any atom is -0.346 e. The molecule has 4 rings (SSSR count). The predicted octanol–water partition coefficient (Wildman–Crippen LogP) is 4.07. The van der Waals surface area contributed by atoms with E-state index in [4.69, 9.17) is 12.2 Å². The molecule has 1 aromatic heterocycles. The third-order valence-corrected chi connectivity index (χ3v) is 5.69. The molecule has 0 unspecified atom stereocenters. The van der Waals surface area contributed by atoms with Crippen LogP contribution in [-0.2, 0) is 4.79 Å². The van der Waals surface area contributed by atoms with Crippen LogP contribution in [0.4, 0.5) is 5.69 Å². The number of carbonyl (C=O) groups excluding carboxylic acids is 1. The average Bonchev–Trinajstić information content (AvgIpc) is 3.13. The molecular formula is C22H22N4OS. The van der Waals surface area contributed by atoms with Gasteiger partial charge in [-0.3, -0.25) is 9.69 Å². The highest BCUT2D eigenvalue weighted by molar-refractivity contribution is 7.80. The van der Waals surface area contributed by atoms with Crippen LogP contribution in [0.5, 0.6) is 0 Å². The second kappa shape index (κ2) is 6.87. The number of hydrogen-bond acceptors (Lipinski definition) is 3. The molecule has 1 N–H and O–H groups in total. The molecule has 1 aliphatic rings. The average molecular weight is 391 g/mol. The monoisotopic (exact) mass is 390 g/mol. The van der Waals surface area contributed by atoms with Crippen LogP contribution in [0.1, 0.15) is 34.1 Å². The van der Waals surface area contributed by atoms with Crippen molar-refractivity contribution in [2.75, 3.05) is 4.90 Å². The number of nitrogens with one attached hydrogen (secondary N) is 1. The van der Waals surface area contributed by atoms with Gasteiger partial charge in [-0.25, -0.2) is 4.68 Å². The van der Waals surface area contributed by atoms with Crippen molar-refractivity contribution in [3.63, 3.8) is 0 Å². The van der Waals surface area contributed by atoms with E-state index in [1.807, 2.05) is 80.9 Å². The Labute approximate surface area is 170 Å². The van der Waals surface area contributed by atoms with Gasteiger partial charge in [0.2, 0.25) is 0 Å². The van der Waals surface area contributed by atoms with Crippen molar-refractivity contribution >= 4 is 28.9 Å². The first-order valence-corrected chi connectivity index (χ1v) is 9.63. The Morgan fingerprint density at radius 1 is 1.00 bits per heavy atom. The van der Waals surface area contributed by atoms with Crippen LogP contribution in [0.3, 0.4) is 0 Å². The minimum atomic E-state index is -0.537. The van der Waals surface area contributed by atoms with Crippen LogP contribution < -0.4 is 10.2 Å². The Morgan fingerprint density at radius 2 is 1.71 bits per heavy atom. The molecule has 0 aliphatic carbocycles. The van der Waals surface area contributed by atoms with Gasteiger partial charge in [-0.15, -0.1) is 0 Å². The molecule has 1 atom stereocenters. The molecule has 1 aliphatic heterocycles. The van der Waals surface area contributed by atoms with Crippen molar-refractivity contribution in [2.45, 2.75) is 33.7 Å². The van der Waals surface area contributed by atoms with Crippen molar-refractivity contribution in [3.05, 3.63) is 76.6 Å². The highest BCUT2D eigenvalue weighted by Crippen LogP contribution is 2.33. The number of rotatable bonds is 3. The SMILES string of the molecule is Cc1cccc(N2C(=O)[C@@H](c3c(C)nn(-c4ccccc4)c3C)NC2=S)c1C. The first-order valence-electron chi connectivity index (χ1n) is 9.22. The molecule has 1 fully saturated rings. The van der Waals surface area contributed by atoms with E-state index < -0.39 is 6.04 Å². The summed E-state index contributed by atoms with van der Waals surface area (Å²) in [4.78, 5) is 15.0. The summed E-state index contributed by atoms with van der Waals surface area (Å²) in [6, 6.07) is 15.3. The molecule has 2 heterocycles. The summed E-state index contributed by atoms with van der Waals surface area (Å²) in [5.74, 6) is -0.0717. The molecule has 5 nitrogen and oxygen atoms in total. The first-order chi connectivity index (χ1) is 13.4. The second-order valence-electron chi connectivity index (χ2n) is 7.11. The van der Waals surface area contributed by atoms with Gasteiger partial charge in [0, 0.05) is 11.3 Å². The van der Waals surface area contributed by atoms with Crippen LogP contribution >= 0.6 is 12.2 Å². The maximum Gasteiger partial charge on any atom is 0.260 e. The summed E-state index contributed by atoms with van der Waals surface area (Å²) in [5.41, 5.74) is 6.60. The summed E-state index contributed by atoms with van der Waals surface area (Å²) < 4.78 is 1.88. The lowest BCUT2D eigenvalue weighted by Crippen LogP contribution is -2.31. The number of amides is 1. The number of aryl methyl sites for hydroxylation is 2. The van der Waals surface area contributed by atoms with Gasteiger partial charge >= 0.3 is 0 Å². The highest BCUT2D eigenvalue weighted by atomic mass is 32.1. The zero-order chi connectivity index (χ0) is 20.0. The Kier molecular flexibility index (Phi) is 4.51. The number of aromatic nitrogens is 2. The van der Waals surface area contributed by atoms with Crippen molar-refractivity contribution in [1.29, 1.82) is 0 Å². The maximum atomic E-state index is 13.4. The lowest BCUT2D eigenvalue weighted by atomic mass is 10.0. The molecule has 0 radical (unpaired) electrons. The van der Waals surface area contributed by atoms with Gasteiger partial charge in [-0.2, -0.15) is 5.10 Å². The Balaban J connectivity index is 1.76. The number of benzene rings is 2. The number of nitrogens with zero attached hydrogens (tertiary/aromatic N) is 3. The van der Waals surface area contributed by atoms with Crippen LogP contribution in [0, 0.1) is 27.7 Å². The van der Waals surface area contributed by atoms with E-state index in [1.165, 1.54) is 0 Å². The fourth-order valence-electron chi connectivity index (χ4n) is 3.77. The zero-order valence-corrected chi connectivity index (χ0v) is 17.2. The standard InChI is InChI=1S/C22H22N4OS/c1-13-9-8-12-18(14(13)2)25-21(27)20(23-22(25)28)19-15(3)24-26(16(19)4)17-10-6-5-7-11-17/h5-12,20H,1-4H3,(H,23,28)/t20-/m1/s1. The van der Waals surface area contributed by atoms with E-state index in [-0.39, 0.29) is 5.91 Å². The lowest BCUT2D eigenvalue weighted by Gasteiger charge is -2.18. The summed E-state index contributed by atoms with van der Waals surface area (Å²) in [6.45, 7) is 7.96. The van der Waals surface area contributed by atoms with Gasteiger partial charge < -0.3 is 5.32 Å². The molecule has 2 aromatic carbocycles. The molecule has 3 aromatic rings.